The Balaban J connectivity index is 1.58. The van der Waals surface area contributed by atoms with E-state index in [9.17, 15) is 0 Å². The number of nitrogens with one attached hydrogen (secondary N) is 1. The van der Waals surface area contributed by atoms with Gasteiger partial charge in [-0.1, -0.05) is 84.3 Å². The van der Waals surface area contributed by atoms with E-state index in [1.165, 1.54) is 69.8 Å². The molecule has 0 saturated carbocycles. The number of nitrogens with zero attached hydrogens (tertiary/aromatic N) is 2. The zero-order valence-corrected chi connectivity index (χ0v) is 23.6. The van der Waals surface area contributed by atoms with Crippen molar-refractivity contribution >= 4 is 23.8 Å². The van der Waals surface area contributed by atoms with Gasteiger partial charge in [-0.25, -0.2) is 0 Å². The normalized spacial score (nSPS) is 16.6. The third-order valence-electron chi connectivity index (χ3n) is 6.70. The first-order valence-corrected chi connectivity index (χ1v) is 14.8. The second kappa shape index (κ2) is 17.7. The van der Waals surface area contributed by atoms with E-state index in [-0.39, 0.29) is 6.04 Å². The van der Waals surface area contributed by atoms with Crippen LogP contribution in [0.3, 0.4) is 0 Å². The Kier molecular flexibility index (Phi) is 14.9. The summed E-state index contributed by atoms with van der Waals surface area (Å²) in [5, 5.41) is 3.39. The van der Waals surface area contributed by atoms with Gasteiger partial charge in [0.15, 0.2) is 12.2 Å². The van der Waals surface area contributed by atoms with Crippen LogP contribution in [0.4, 0.5) is 5.82 Å². The molecule has 0 bridgehead atoms. The van der Waals surface area contributed by atoms with Gasteiger partial charge in [0.05, 0.1) is 11.7 Å². The van der Waals surface area contributed by atoms with E-state index in [1.54, 1.807) is 18.7 Å². The maximum absolute atomic E-state index is 5.43. The van der Waals surface area contributed by atoms with Crippen molar-refractivity contribution in [2.24, 2.45) is 22.7 Å². The van der Waals surface area contributed by atoms with E-state index in [0.717, 1.165) is 40.8 Å². The summed E-state index contributed by atoms with van der Waals surface area (Å²) in [5.74, 6) is 5.19. The molecule has 3 unspecified atom stereocenters. The minimum Gasteiger partial charge on any atom is -0.494 e. The number of aliphatic imine (C=N–C) groups is 1. The van der Waals surface area contributed by atoms with E-state index >= 15 is 0 Å². The quantitative estimate of drug-likeness (QED) is 0.151. The SMILES string of the molecule is CC(=CCSCC(Nc1cocn1)C1=COCC=N1)CCCC(C)CCCC(C)CCCC(C)C. The number of thioether (sulfide) groups is 1. The maximum Gasteiger partial charge on any atom is 0.182 e. The lowest BCUT2D eigenvalue weighted by molar-refractivity contribution is 0.294. The van der Waals surface area contributed by atoms with Crippen molar-refractivity contribution in [2.45, 2.75) is 98.4 Å². The lowest BCUT2D eigenvalue weighted by Crippen LogP contribution is -2.26. The predicted molar refractivity (Wildman–Crippen MR) is 152 cm³/mol. The van der Waals surface area contributed by atoms with Crippen LogP contribution >= 0.6 is 11.8 Å². The molecule has 1 N–H and O–H groups in total. The lowest BCUT2D eigenvalue weighted by atomic mass is 9.91. The van der Waals surface area contributed by atoms with Crippen LogP contribution in [-0.2, 0) is 4.74 Å². The molecule has 5 nitrogen and oxygen atoms in total. The highest BCUT2D eigenvalue weighted by Gasteiger charge is 2.17. The average molecular weight is 504 g/mol. The fourth-order valence-electron chi connectivity index (χ4n) is 4.38. The fraction of sp³-hybridized carbons (Fsp3) is 0.724. The smallest absolute Gasteiger partial charge is 0.182 e. The summed E-state index contributed by atoms with van der Waals surface area (Å²) in [5.41, 5.74) is 2.40. The number of ether oxygens (including phenoxy) is 1. The molecule has 2 heterocycles. The molecule has 3 atom stereocenters. The number of anilines is 1. The number of aromatic nitrogens is 1. The van der Waals surface area contributed by atoms with Gasteiger partial charge in [-0.15, -0.1) is 0 Å². The summed E-state index contributed by atoms with van der Waals surface area (Å²) < 4.78 is 10.5. The Morgan fingerprint density at radius 3 is 2.40 bits per heavy atom. The molecule has 6 heteroatoms. The molecule has 1 aromatic rings. The van der Waals surface area contributed by atoms with Crippen molar-refractivity contribution in [2.75, 3.05) is 23.4 Å². The second-order valence-electron chi connectivity index (χ2n) is 10.7. The van der Waals surface area contributed by atoms with Crippen molar-refractivity contribution < 1.29 is 9.15 Å². The third kappa shape index (κ3) is 13.8. The summed E-state index contributed by atoms with van der Waals surface area (Å²) in [7, 11) is 0. The van der Waals surface area contributed by atoms with Gasteiger partial charge in [-0.05, 0) is 37.5 Å². The highest BCUT2D eigenvalue weighted by atomic mass is 32.2. The largest absolute Gasteiger partial charge is 0.494 e. The van der Waals surface area contributed by atoms with Crippen LogP contribution in [0.5, 0.6) is 0 Å². The van der Waals surface area contributed by atoms with Gasteiger partial charge >= 0.3 is 0 Å². The van der Waals surface area contributed by atoms with Crippen LogP contribution in [0.1, 0.15) is 92.4 Å². The summed E-state index contributed by atoms with van der Waals surface area (Å²) in [6.45, 7) is 12.4. The molecule has 0 spiro atoms. The third-order valence-corrected chi connectivity index (χ3v) is 7.67. The monoisotopic (exact) mass is 503 g/mol. The van der Waals surface area contributed by atoms with Gasteiger partial charge in [0, 0.05) is 17.7 Å². The molecule has 0 fully saturated rings. The van der Waals surface area contributed by atoms with E-state index in [2.05, 4.69) is 56.0 Å². The number of rotatable bonds is 19. The summed E-state index contributed by atoms with van der Waals surface area (Å²) in [6, 6.07) is 0.0362. The zero-order chi connectivity index (χ0) is 25.3. The summed E-state index contributed by atoms with van der Waals surface area (Å²) in [4.78, 5) is 8.67. The van der Waals surface area contributed by atoms with E-state index in [1.807, 2.05) is 11.8 Å². The first-order valence-electron chi connectivity index (χ1n) is 13.7. The standard InChI is InChI=1S/C29H49N3O2S/c1-23(2)9-6-10-24(3)11-7-12-25(4)13-8-14-26(5)15-18-35-21-28(27-19-33-17-16-30-27)32-29-20-34-22-31-29/h15-16,19-20,22-25,28,32H,6-14,17-18,21H2,1-5H3. The van der Waals surface area contributed by atoms with Crippen molar-refractivity contribution in [1.29, 1.82) is 0 Å². The molecule has 1 aliphatic heterocycles. The van der Waals surface area contributed by atoms with Gasteiger partial charge in [0.1, 0.15) is 19.1 Å². The van der Waals surface area contributed by atoms with Gasteiger partial charge in [-0.2, -0.15) is 16.7 Å². The molecule has 2 rings (SSSR count). The van der Waals surface area contributed by atoms with Crippen LogP contribution in [0.2, 0.25) is 0 Å². The highest BCUT2D eigenvalue weighted by molar-refractivity contribution is 7.99. The summed E-state index contributed by atoms with van der Waals surface area (Å²) >= 11 is 1.90. The Labute approximate surface area is 218 Å². The molecule has 198 valence electrons. The second-order valence-corrected chi connectivity index (χ2v) is 11.8. The average Bonchev–Trinajstić information content (AvgIpc) is 3.34. The topological polar surface area (TPSA) is 59.7 Å². The van der Waals surface area contributed by atoms with Crippen LogP contribution in [-0.4, -0.2) is 35.4 Å². The predicted octanol–water partition coefficient (Wildman–Crippen LogP) is 8.52. The van der Waals surface area contributed by atoms with Gasteiger partial charge in [0.2, 0.25) is 0 Å². The van der Waals surface area contributed by atoms with Crippen LogP contribution < -0.4 is 5.32 Å². The minimum atomic E-state index is 0.0362. The molecule has 0 radical (unpaired) electrons. The first kappa shape index (κ1) is 29.5. The zero-order valence-electron chi connectivity index (χ0n) is 22.8. The number of hydrogen-bond acceptors (Lipinski definition) is 6. The van der Waals surface area contributed by atoms with Crippen LogP contribution in [0.15, 0.2) is 45.7 Å². The van der Waals surface area contributed by atoms with Crippen molar-refractivity contribution in [3.8, 4) is 0 Å². The van der Waals surface area contributed by atoms with Crippen LogP contribution in [0.25, 0.3) is 0 Å². The van der Waals surface area contributed by atoms with Crippen molar-refractivity contribution in [3.63, 3.8) is 0 Å². The van der Waals surface area contributed by atoms with Crippen molar-refractivity contribution in [3.05, 3.63) is 36.3 Å². The molecule has 0 aromatic carbocycles. The fourth-order valence-corrected chi connectivity index (χ4v) is 5.41. The number of allylic oxidation sites excluding steroid dienone is 1. The van der Waals surface area contributed by atoms with Gasteiger partial charge in [0.25, 0.3) is 0 Å². The number of oxazole rings is 1. The van der Waals surface area contributed by atoms with E-state index in [0.29, 0.717) is 6.61 Å². The van der Waals surface area contributed by atoms with Gasteiger partial charge in [-0.3, -0.25) is 4.99 Å². The van der Waals surface area contributed by atoms with Crippen LogP contribution in [0, 0.1) is 17.8 Å². The van der Waals surface area contributed by atoms with Gasteiger partial charge < -0.3 is 14.5 Å². The molecule has 35 heavy (non-hydrogen) atoms. The Bertz CT molecular complexity index is 758. The summed E-state index contributed by atoms with van der Waals surface area (Å²) in [6.07, 6.45) is 21.2. The minimum absolute atomic E-state index is 0.0362. The molecule has 0 saturated heterocycles. The van der Waals surface area contributed by atoms with E-state index in [4.69, 9.17) is 9.15 Å². The lowest BCUT2D eigenvalue weighted by Gasteiger charge is -2.19. The Morgan fingerprint density at radius 2 is 1.77 bits per heavy atom. The number of hydrogen-bond donors (Lipinski definition) is 1. The Morgan fingerprint density at radius 1 is 1.06 bits per heavy atom. The van der Waals surface area contributed by atoms with Crippen molar-refractivity contribution in [1.82, 2.24) is 4.98 Å². The maximum atomic E-state index is 5.43. The molecular formula is C29H49N3O2S. The Hall–Kier alpha value is -1.69. The van der Waals surface area contributed by atoms with E-state index < -0.39 is 0 Å². The first-order chi connectivity index (χ1) is 16.9. The molecule has 1 aromatic heterocycles. The highest BCUT2D eigenvalue weighted by Crippen LogP contribution is 2.23. The molecule has 0 aliphatic carbocycles. The molecule has 1 aliphatic rings. The molecular weight excluding hydrogens is 454 g/mol. The molecule has 0 amide bonds.